The molecule has 2 rings (SSSR count). The van der Waals surface area contributed by atoms with Crippen molar-refractivity contribution in [2.45, 2.75) is 19.3 Å². The molecule has 2 aromatic rings. The van der Waals surface area contributed by atoms with Gasteiger partial charge in [-0.2, -0.15) is 0 Å². The number of nitrogens with two attached hydrogens (primary N) is 1. The Hall–Kier alpha value is -1.51. The molecule has 0 bridgehead atoms. The molecule has 0 aliphatic rings. The summed E-state index contributed by atoms with van der Waals surface area (Å²) in [6.45, 7) is 3.23. The first kappa shape index (κ1) is 14.9. The third-order valence-electron chi connectivity index (χ3n) is 3.31. The van der Waals surface area contributed by atoms with Crippen LogP contribution >= 0.6 is 11.6 Å². The second-order valence-electron chi connectivity index (χ2n) is 4.74. The Bertz CT molecular complexity index is 556. The van der Waals surface area contributed by atoms with Gasteiger partial charge in [0.25, 0.3) is 0 Å². The van der Waals surface area contributed by atoms with E-state index in [1.807, 2.05) is 43.3 Å². The lowest BCUT2D eigenvalue weighted by Gasteiger charge is -2.19. The van der Waals surface area contributed by atoms with Gasteiger partial charge in [0.05, 0.1) is 6.61 Å². The van der Waals surface area contributed by atoms with E-state index in [-0.39, 0.29) is 5.92 Å². The molecule has 0 heterocycles. The van der Waals surface area contributed by atoms with Gasteiger partial charge in [0.1, 0.15) is 5.75 Å². The van der Waals surface area contributed by atoms with Crippen LogP contribution in [0.2, 0.25) is 5.02 Å². The molecule has 2 N–H and O–H groups in total. The Morgan fingerprint density at radius 3 is 2.65 bits per heavy atom. The Kier molecular flexibility index (Phi) is 5.45. The van der Waals surface area contributed by atoms with E-state index >= 15 is 0 Å². The van der Waals surface area contributed by atoms with E-state index in [1.54, 1.807) is 0 Å². The molecule has 0 amide bonds. The van der Waals surface area contributed by atoms with Crippen LogP contribution < -0.4 is 10.5 Å². The summed E-state index contributed by atoms with van der Waals surface area (Å²) in [6.07, 6.45) is 0.862. The minimum Gasteiger partial charge on any atom is -0.494 e. The second-order valence-corrected chi connectivity index (χ2v) is 5.17. The van der Waals surface area contributed by atoms with Gasteiger partial charge in [0, 0.05) is 10.9 Å². The van der Waals surface area contributed by atoms with E-state index < -0.39 is 0 Å². The first-order chi connectivity index (χ1) is 9.74. The molecular weight excluding hydrogens is 270 g/mol. The zero-order valence-electron chi connectivity index (χ0n) is 11.7. The smallest absolute Gasteiger partial charge is 0.122 e. The highest BCUT2D eigenvalue weighted by molar-refractivity contribution is 6.30. The molecular formula is C17H20ClNO. The van der Waals surface area contributed by atoms with Gasteiger partial charge in [-0.3, -0.25) is 0 Å². The Morgan fingerprint density at radius 2 is 1.95 bits per heavy atom. The predicted molar refractivity (Wildman–Crippen MR) is 84.6 cm³/mol. The maximum absolute atomic E-state index is 6.04. The van der Waals surface area contributed by atoms with E-state index in [4.69, 9.17) is 22.1 Å². The number of halogens is 1. The normalized spacial score (nSPS) is 12.2. The molecule has 1 atom stereocenters. The average molecular weight is 290 g/mol. The van der Waals surface area contributed by atoms with Gasteiger partial charge >= 0.3 is 0 Å². The first-order valence-corrected chi connectivity index (χ1v) is 7.28. The van der Waals surface area contributed by atoms with Crippen LogP contribution in [0, 0.1) is 0 Å². The number of hydrogen-bond donors (Lipinski definition) is 1. The largest absolute Gasteiger partial charge is 0.494 e. The number of hydrogen-bond acceptors (Lipinski definition) is 2. The van der Waals surface area contributed by atoms with Gasteiger partial charge in [0.15, 0.2) is 0 Å². The summed E-state index contributed by atoms with van der Waals surface area (Å²) in [4.78, 5) is 0. The molecule has 2 aromatic carbocycles. The number of para-hydroxylation sites is 1. The predicted octanol–water partition coefficient (Wildman–Crippen LogP) is 4.02. The lowest BCUT2D eigenvalue weighted by atomic mass is 9.91. The van der Waals surface area contributed by atoms with Crippen LogP contribution in [-0.4, -0.2) is 13.2 Å². The maximum Gasteiger partial charge on any atom is 0.122 e. The lowest BCUT2D eigenvalue weighted by Crippen LogP contribution is -2.16. The van der Waals surface area contributed by atoms with Crippen LogP contribution in [0.25, 0.3) is 0 Å². The van der Waals surface area contributed by atoms with Crippen molar-refractivity contribution in [3.63, 3.8) is 0 Å². The zero-order chi connectivity index (χ0) is 14.4. The Labute approximate surface area is 125 Å². The highest BCUT2D eigenvalue weighted by Gasteiger charge is 2.15. The van der Waals surface area contributed by atoms with E-state index in [0.717, 1.165) is 22.8 Å². The minimum atomic E-state index is 0.233. The fourth-order valence-corrected chi connectivity index (χ4v) is 2.59. The quantitative estimate of drug-likeness (QED) is 0.871. The fourth-order valence-electron chi connectivity index (χ4n) is 2.37. The van der Waals surface area contributed by atoms with Gasteiger partial charge in [-0.15, -0.1) is 0 Å². The van der Waals surface area contributed by atoms with Crippen molar-refractivity contribution in [3.8, 4) is 5.75 Å². The molecule has 2 nitrogen and oxygen atoms in total. The summed E-state index contributed by atoms with van der Waals surface area (Å²) in [5.74, 6) is 1.16. The lowest BCUT2D eigenvalue weighted by molar-refractivity contribution is 0.334. The van der Waals surface area contributed by atoms with Crippen molar-refractivity contribution < 1.29 is 4.74 Å². The molecule has 0 fully saturated rings. The molecule has 3 heteroatoms. The third kappa shape index (κ3) is 3.75. The summed E-state index contributed by atoms with van der Waals surface area (Å²) in [6, 6.07) is 16.0. The van der Waals surface area contributed by atoms with Crippen molar-refractivity contribution in [3.05, 3.63) is 64.7 Å². The van der Waals surface area contributed by atoms with Crippen molar-refractivity contribution in [2.75, 3.05) is 13.2 Å². The molecule has 0 spiro atoms. The number of ether oxygens (including phenoxy) is 1. The Balaban J connectivity index is 2.24. The number of rotatable bonds is 6. The van der Waals surface area contributed by atoms with E-state index in [1.165, 1.54) is 5.56 Å². The fraction of sp³-hybridized carbons (Fsp3) is 0.294. The van der Waals surface area contributed by atoms with Gasteiger partial charge in [-0.25, -0.2) is 0 Å². The average Bonchev–Trinajstić information content (AvgIpc) is 2.46. The van der Waals surface area contributed by atoms with E-state index in [0.29, 0.717) is 13.2 Å². The van der Waals surface area contributed by atoms with Crippen molar-refractivity contribution >= 4 is 11.6 Å². The van der Waals surface area contributed by atoms with Gasteiger partial charge < -0.3 is 10.5 Å². The van der Waals surface area contributed by atoms with Crippen LogP contribution in [0.15, 0.2) is 48.5 Å². The van der Waals surface area contributed by atoms with Crippen LogP contribution in [-0.2, 0) is 6.42 Å². The van der Waals surface area contributed by atoms with E-state index in [2.05, 4.69) is 12.1 Å². The highest BCUT2D eigenvalue weighted by atomic mass is 35.5. The molecule has 0 aromatic heterocycles. The SMILES string of the molecule is CCOc1ccccc1C(CN)Cc1cccc(Cl)c1. The summed E-state index contributed by atoms with van der Waals surface area (Å²) in [5, 5.41) is 0.761. The molecule has 0 aliphatic carbocycles. The van der Waals surface area contributed by atoms with E-state index in [9.17, 15) is 0 Å². The van der Waals surface area contributed by atoms with Crippen molar-refractivity contribution in [1.29, 1.82) is 0 Å². The van der Waals surface area contributed by atoms with Crippen LogP contribution in [0.5, 0.6) is 5.75 Å². The topological polar surface area (TPSA) is 35.2 Å². The van der Waals surface area contributed by atoms with Crippen LogP contribution in [0.4, 0.5) is 0 Å². The monoisotopic (exact) mass is 289 g/mol. The minimum absolute atomic E-state index is 0.233. The molecule has 0 saturated heterocycles. The number of benzene rings is 2. The van der Waals surface area contributed by atoms with Gasteiger partial charge in [0.2, 0.25) is 0 Å². The molecule has 1 unspecified atom stereocenters. The summed E-state index contributed by atoms with van der Waals surface area (Å²) >= 11 is 6.04. The highest BCUT2D eigenvalue weighted by Crippen LogP contribution is 2.29. The van der Waals surface area contributed by atoms with Gasteiger partial charge in [-0.1, -0.05) is 41.9 Å². The standard InChI is InChI=1S/C17H20ClNO/c1-2-20-17-9-4-3-8-16(17)14(12-19)10-13-6-5-7-15(18)11-13/h3-9,11,14H,2,10,12,19H2,1H3. The summed E-state index contributed by atoms with van der Waals surface area (Å²) < 4.78 is 5.70. The van der Waals surface area contributed by atoms with Crippen molar-refractivity contribution in [2.24, 2.45) is 5.73 Å². The van der Waals surface area contributed by atoms with Crippen LogP contribution in [0.3, 0.4) is 0 Å². The summed E-state index contributed by atoms with van der Waals surface area (Å²) in [5.41, 5.74) is 8.32. The second kappa shape index (κ2) is 7.32. The Morgan fingerprint density at radius 1 is 1.15 bits per heavy atom. The molecule has 106 valence electrons. The third-order valence-corrected chi connectivity index (χ3v) is 3.55. The maximum atomic E-state index is 6.04. The first-order valence-electron chi connectivity index (χ1n) is 6.90. The summed E-state index contributed by atoms with van der Waals surface area (Å²) in [7, 11) is 0. The van der Waals surface area contributed by atoms with Gasteiger partial charge in [-0.05, 0) is 49.2 Å². The molecule has 0 saturated carbocycles. The zero-order valence-corrected chi connectivity index (χ0v) is 12.4. The van der Waals surface area contributed by atoms with Crippen molar-refractivity contribution in [1.82, 2.24) is 0 Å². The molecule has 20 heavy (non-hydrogen) atoms. The molecule has 0 radical (unpaired) electrons. The van der Waals surface area contributed by atoms with Crippen LogP contribution in [0.1, 0.15) is 24.0 Å². The molecule has 0 aliphatic heterocycles.